The maximum atomic E-state index is 12.7. The quantitative estimate of drug-likeness (QED) is 0.905. The molecular weight excluding hydrogens is 331 g/mol. The van der Waals surface area contributed by atoms with E-state index in [1.807, 2.05) is 4.98 Å². The van der Waals surface area contributed by atoms with Gasteiger partial charge in [-0.25, -0.2) is 8.42 Å². The van der Waals surface area contributed by atoms with Crippen LogP contribution in [0.4, 0.5) is 13.2 Å². The van der Waals surface area contributed by atoms with Crippen molar-refractivity contribution in [2.75, 3.05) is 26.2 Å². The number of aromatic nitrogens is 1. The van der Waals surface area contributed by atoms with Crippen LogP contribution in [0.1, 0.15) is 31.4 Å². The van der Waals surface area contributed by atoms with Crippen LogP contribution >= 0.6 is 0 Å². The van der Waals surface area contributed by atoms with Crippen LogP contribution in [0.2, 0.25) is 0 Å². The third-order valence-corrected chi connectivity index (χ3v) is 6.49. The molecule has 0 saturated carbocycles. The molecule has 0 amide bonds. The van der Waals surface area contributed by atoms with Crippen LogP contribution in [0.3, 0.4) is 0 Å². The molecule has 5 nitrogen and oxygen atoms in total. The molecule has 1 unspecified atom stereocenters. The number of nitrogens with one attached hydrogen (secondary N) is 1. The molecule has 23 heavy (non-hydrogen) atoms. The molecule has 3 rings (SSSR count). The van der Waals surface area contributed by atoms with E-state index in [0.29, 0.717) is 19.2 Å². The molecule has 1 aromatic rings. The van der Waals surface area contributed by atoms with Gasteiger partial charge >= 0.3 is 6.18 Å². The zero-order valence-corrected chi connectivity index (χ0v) is 13.5. The Hall–Kier alpha value is -1.06. The number of aromatic amines is 1. The van der Waals surface area contributed by atoms with Crippen molar-refractivity contribution in [3.63, 3.8) is 0 Å². The van der Waals surface area contributed by atoms with Gasteiger partial charge in [-0.3, -0.25) is 0 Å². The Morgan fingerprint density at radius 3 is 2.48 bits per heavy atom. The van der Waals surface area contributed by atoms with E-state index in [0.717, 1.165) is 45.0 Å². The van der Waals surface area contributed by atoms with Crippen molar-refractivity contribution in [2.24, 2.45) is 0 Å². The molecule has 1 aromatic heterocycles. The van der Waals surface area contributed by atoms with Gasteiger partial charge in [-0.15, -0.1) is 0 Å². The zero-order chi connectivity index (χ0) is 16.7. The second-order valence-electron chi connectivity index (χ2n) is 6.17. The summed E-state index contributed by atoms with van der Waals surface area (Å²) >= 11 is 0. The summed E-state index contributed by atoms with van der Waals surface area (Å²) in [6.45, 7) is 2.96. The molecule has 0 spiro atoms. The summed E-state index contributed by atoms with van der Waals surface area (Å²) in [6, 6.07) is 0.531. The Kier molecular flexibility index (Phi) is 4.45. The Morgan fingerprint density at radius 1 is 1.17 bits per heavy atom. The molecule has 0 aromatic carbocycles. The van der Waals surface area contributed by atoms with Gasteiger partial charge in [0.25, 0.3) is 0 Å². The highest BCUT2D eigenvalue weighted by molar-refractivity contribution is 7.89. The summed E-state index contributed by atoms with van der Waals surface area (Å²) in [5.74, 6) is 0. The lowest BCUT2D eigenvalue weighted by Crippen LogP contribution is -2.42. The first-order valence-corrected chi connectivity index (χ1v) is 9.22. The fraction of sp³-hybridized carbons (Fsp3) is 0.714. The molecule has 130 valence electrons. The number of halogens is 3. The average Bonchev–Trinajstić information content (AvgIpc) is 3.20. The molecule has 3 heterocycles. The van der Waals surface area contributed by atoms with E-state index in [2.05, 4.69) is 4.90 Å². The third-order valence-electron chi connectivity index (χ3n) is 4.56. The summed E-state index contributed by atoms with van der Waals surface area (Å²) in [6.07, 6.45) is 0.0934. The van der Waals surface area contributed by atoms with Gasteiger partial charge in [0.2, 0.25) is 10.0 Å². The van der Waals surface area contributed by atoms with Gasteiger partial charge < -0.3 is 9.88 Å². The average molecular weight is 351 g/mol. The molecule has 1 N–H and O–H groups in total. The summed E-state index contributed by atoms with van der Waals surface area (Å²) in [7, 11) is -3.89. The van der Waals surface area contributed by atoms with Crippen molar-refractivity contribution < 1.29 is 21.6 Å². The number of hydrogen-bond donors (Lipinski definition) is 1. The van der Waals surface area contributed by atoms with Crippen molar-refractivity contribution >= 4 is 10.0 Å². The van der Waals surface area contributed by atoms with Crippen LogP contribution in [0.25, 0.3) is 0 Å². The Labute approximate surface area is 133 Å². The van der Waals surface area contributed by atoms with Crippen LogP contribution in [-0.4, -0.2) is 54.8 Å². The Balaban J connectivity index is 1.79. The van der Waals surface area contributed by atoms with E-state index < -0.39 is 21.9 Å². The van der Waals surface area contributed by atoms with Crippen molar-refractivity contribution in [3.05, 3.63) is 18.0 Å². The number of hydrogen-bond acceptors (Lipinski definition) is 3. The fourth-order valence-electron chi connectivity index (χ4n) is 3.39. The highest BCUT2D eigenvalue weighted by Crippen LogP contribution is 2.32. The summed E-state index contributed by atoms with van der Waals surface area (Å²) in [5, 5.41) is 0. The van der Waals surface area contributed by atoms with Crippen LogP contribution in [0.5, 0.6) is 0 Å². The summed E-state index contributed by atoms with van der Waals surface area (Å²) in [5.41, 5.74) is -1.04. The first kappa shape index (κ1) is 16.8. The Bertz CT molecular complexity index is 650. The molecule has 1 atom stereocenters. The van der Waals surface area contributed by atoms with Gasteiger partial charge in [0.15, 0.2) is 0 Å². The molecule has 0 radical (unpaired) electrons. The van der Waals surface area contributed by atoms with Crippen LogP contribution in [0, 0.1) is 0 Å². The first-order chi connectivity index (χ1) is 10.8. The molecule has 9 heteroatoms. The molecule has 2 aliphatic rings. The fourth-order valence-corrected chi connectivity index (χ4v) is 5.07. The predicted molar refractivity (Wildman–Crippen MR) is 78.4 cm³/mol. The zero-order valence-electron chi connectivity index (χ0n) is 12.6. The smallest absolute Gasteiger partial charge is 0.356 e. The van der Waals surface area contributed by atoms with Crippen molar-refractivity contribution in [2.45, 2.75) is 42.8 Å². The molecule has 2 saturated heterocycles. The lowest BCUT2D eigenvalue weighted by molar-refractivity contribution is -0.140. The van der Waals surface area contributed by atoms with Crippen molar-refractivity contribution in [1.29, 1.82) is 0 Å². The minimum Gasteiger partial charge on any atom is -0.356 e. The van der Waals surface area contributed by atoms with E-state index in [4.69, 9.17) is 0 Å². The molecule has 2 fully saturated rings. The van der Waals surface area contributed by atoms with Gasteiger partial charge in [0, 0.05) is 25.3 Å². The minimum absolute atomic E-state index is 0.151. The maximum absolute atomic E-state index is 12.7. The van der Waals surface area contributed by atoms with Crippen molar-refractivity contribution in [3.8, 4) is 0 Å². The second-order valence-corrected chi connectivity index (χ2v) is 8.06. The van der Waals surface area contributed by atoms with Crippen LogP contribution in [0.15, 0.2) is 17.2 Å². The number of nitrogens with zero attached hydrogens (tertiary/aromatic N) is 2. The number of H-pyrrole nitrogens is 1. The van der Waals surface area contributed by atoms with Gasteiger partial charge in [-0.05, 0) is 44.8 Å². The van der Waals surface area contributed by atoms with E-state index in [1.54, 1.807) is 0 Å². The first-order valence-electron chi connectivity index (χ1n) is 7.78. The van der Waals surface area contributed by atoms with Gasteiger partial charge in [0.05, 0.1) is 0 Å². The SMILES string of the molecule is O=S(=O)(c1c[nH]c(C(F)(F)F)c1)N1CCCC1CN1CCCC1. The summed E-state index contributed by atoms with van der Waals surface area (Å²) in [4.78, 5) is 3.95. The number of alkyl halides is 3. The van der Waals surface area contributed by atoms with E-state index in [1.165, 1.54) is 4.31 Å². The molecular formula is C14H20F3N3O2S. The van der Waals surface area contributed by atoms with Gasteiger partial charge in [-0.1, -0.05) is 0 Å². The van der Waals surface area contributed by atoms with Crippen LogP contribution in [-0.2, 0) is 16.2 Å². The number of sulfonamides is 1. The number of rotatable bonds is 4. The monoisotopic (exact) mass is 351 g/mol. The Morgan fingerprint density at radius 2 is 1.87 bits per heavy atom. The van der Waals surface area contributed by atoms with Gasteiger partial charge in [-0.2, -0.15) is 17.5 Å². The van der Waals surface area contributed by atoms with Crippen LogP contribution < -0.4 is 0 Å². The lowest BCUT2D eigenvalue weighted by atomic mass is 10.2. The molecule has 0 aliphatic carbocycles. The highest BCUT2D eigenvalue weighted by Gasteiger charge is 2.39. The normalized spacial score (nSPS) is 24.6. The van der Waals surface area contributed by atoms with Crippen molar-refractivity contribution in [1.82, 2.24) is 14.2 Å². The maximum Gasteiger partial charge on any atom is 0.431 e. The standard InChI is InChI=1S/C14H20F3N3O2S/c15-14(16,17)13-8-12(9-18-13)23(21,22)20-7-3-4-11(20)10-19-5-1-2-6-19/h8-9,11,18H,1-7,10H2. The summed E-state index contributed by atoms with van der Waals surface area (Å²) < 4.78 is 64.7. The number of likely N-dealkylation sites (tertiary alicyclic amines) is 1. The van der Waals surface area contributed by atoms with E-state index in [-0.39, 0.29) is 10.9 Å². The largest absolute Gasteiger partial charge is 0.431 e. The minimum atomic E-state index is -4.58. The lowest BCUT2D eigenvalue weighted by Gasteiger charge is -2.27. The third kappa shape index (κ3) is 3.41. The topological polar surface area (TPSA) is 56.4 Å². The molecule has 2 aliphatic heterocycles. The van der Waals surface area contributed by atoms with E-state index >= 15 is 0 Å². The second kappa shape index (κ2) is 6.10. The van der Waals surface area contributed by atoms with Gasteiger partial charge in [0.1, 0.15) is 10.6 Å². The predicted octanol–water partition coefficient (Wildman–Crippen LogP) is 2.28. The van der Waals surface area contributed by atoms with E-state index in [9.17, 15) is 21.6 Å². The molecule has 0 bridgehead atoms. The highest BCUT2D eigenvalue weighted by atomic mass is 32.2.